The van der Waals surface area contributed by atoms with Gasteiger partial charge in [-0.15, -0.1) is 0 Å². The van der Waals surface area contributed by atoms with Crippen LogP contribution in [0.4, 0.5) is 4.79 Å². The Morgan fingerprint density at radius 2 is 2.32 bits per heavy atom. The number of hydrazone groups is 1. The molecule has 0 aromatic rings. The second-order valence-electron chi connectivity index (χ2n) is 4.05. The Balaban J connectivity index is 2.81. The summed E-state index contributed by atoms with van der Waals surface area (Å²) in [6, 6.07) is -0.257. The lowest BCUT2D eigenvalue weighted by atomic mass is 10.1. The van der Waals surface area contributed by atoms with Crippen LogP contribution in [0.3, 0.4) is 0 Å². The van der Waals surface area contributed by atoms with Crippen LogP contribution in [0, 0.1) is 0 Å². The third-order valence-corrected chi connectivity index (χ3v) is 2.55. The number of nitrogens with two attached hydrogens (primary N) is 2. The molecule has 0 unspecified atom stereocenters. The number of nitrogens with zero attached hydrogens (tertiary/aromatic N) is 2. The van der Waals surface area contributed by atoms with Crippen molar-refractivity contribution in [3.8, 4) is 0 Å². The molecule has 1 aliphatic rings. The molecule has 2 amide bonds. The second-order valence-corrected chi connectivity index (χ2v) is 4.05. The third-order valence-electron chi connectivity index (χ3n) is 2.55. The Kier molecular flexibility index (Phi) is 5.62. The molecule has 0 fully saturated rings. The van der Waals surface area contributed by atoms with E-state index in [4.69, 9.17) is 11.7 Å². The highest BCUT2D eigenvalue weighted by Crippen LogP contribution is 2.13. The lowest BCUT2D eigenvalue weighted by molar-refractivity contribution is 0.245. The average molecular weight is 264 g/mol. The average Bonchev–Trinajstić information content (AvgIpc) is 2.60. The van der Waals surface area contributed by atoms with E-state index in [1.165, 1.54) is 5.01 Å². The van der Waals surface area contributed by atoms with Crippen LogP contribution in [0.1, 0.15) is 12.8 Å². The zero-order valence-corrected chi connectivity index (χ0v) is 11.2. The topological polar surface area (TPSA) is 109 Å². The van der Waals surface area contributed by atoms with Crippen LogP contribution < -0.4 is 22.3 Å². The largest absolute Gasteiger partial charge is 0.341 e. The fourth-order valence-corrected chi connectivity index (χ4v) is 1.56. The van der Waals surface area contributed by atoms with E-state index in [1.807, 2.05) is 24.3 Å². The number of carbonyl (C=O) groups is 1. The van der Waals surface area contributed by atoms with Crippen LogP contribution in [0.15, 0.2) is 40.7 Å². The Morgan fingerprint density at radius 1 is 1.58 bits per heavy atom. The SMILES string of the molecule is CNC(=O)NC1=CCC=CC(C/C(=N/N)N(C)N)=C1. The highest BCUT2D eigenvalue weighted by atomic mass is 16.2. The summed E-state index contributed by atoms with van der Waals surface area (Å²) < 4.78 is 0. The minimum absolute atomic E-state index is 0.257. The van der Waals surface area contributed by atoms with Crippen molar-refractivity contribution >= 4 is 11.9 Å². The molecule has 0 saturated carbocycles. The quantitative estimate of drug-likeness (QED) is 0.252. The number of hydrogen-bond donors (Lipinski definition) is 4. The van der Waals surface area contributed by atoms with Gasteiger partial charge < -0.3 is 16.5 Å². The van der Waals surface area contributed by atoms with Gasteiger partial charge in [-0.25, -0.2) is 10.6 Å². The summed E-state index contributed by atoms with van der Waals surface area (Å²) in [7, 11) is 3.24. The summed E-state index contributed by atoms with van der Waals surface area (Å²) >= 11 is 0. The van der Waals surface area contributed by atoms with Gasteiger partial charge in [-0.05, 0) is 18.1 Å². The Bertz CT molecular complexity index is 447. The fraction of sp³-hybridized carbons (Fsp3) is 0.333. The number of urea groups is 1. The number of allylic oxidation sites excluding steroid dienone is 4. The molecule has 0 spiro atoms. The minimum atomic E-state index is -0.257. The predicted octanol–water partition coefficient (Wildman–Crippen LogP) is 0.153. The summed E-state index contributed by atoms with van der Waals surface area (Å²) in [6.45, 7) is 0. The van der Waals surface area contributed by atoms with Crippen molar-refractivity contribution in [2.45, 2.75) is 12.8 Å². The number of amides is 2. The summed E-state index contributed by atoms with van der Waals surface area (Å²) in [6.07, 6.45) is 8.98. The van der Waals surface area contributed by atoms with Crippen molar-refractivity contribution in [2.75, 3.05) is 14.1 Å². The molecule has 0 radical (unpaired) electrons. The minimum Gasteiger partial charge on any atom is -0.341 e. The summed E-state index contributed by atoms with van der Waals surface area (Å²) in [4.78, 5) is 11.3. The van der Waals surface area contributed by atoms with E-state index in [0.29, 0.717) is 12.3 Å². The van der Waals surface area contributed by atoms with Gasteiger partial charge >= 0.3 is 6.03 Å². The summed E-state index contributed by atoms with van der Waals surface area (Å²) in [5.74, 6) is 11.5. The van der Waals surface area contributed by atoms with Gasteiger partial charge in [0.15, 0.2) is 0 Å². The first-order valence-corrected chi connectivity index (χ1v) is 5.88. The van der Waals surface area contributed by atoms with Gasteiger partial charge in [-0.2, -0.15) is 5.10 Å². The van der Waals surface area contributed by atoms with Gasteiger partial charge in [0.1, 0.15) is 5.84 Å². The molecule has 0 atom stereocenters. The number of hydrazine groups is 1. The van der Waals surface area contributed by atoms with E-state index in [0.717, 1.165) is 17.7 Å². The first-order chi connectivity index (χ1) is 9.06. The normalized spacial score (nSPS) is 15.2. The Hall–Kier alpha value is -2.28. The molecule has 0 aromatic heterocycles. The maximum Gasteiger partial charge on any atom is 0.318 e. The molecular formula is C12H20N6O. The molecule has 7 nitrogen and oxygen atoms in total. The molecule has 0 aliphatic heterocycles. The lowest BCUT2D eigenvalue weighted by Gasteiger charge is -2.14. The number of rotatable bonds is 3. The van der Waals surface area contributed by atoms with Crippen molar-refractivity contribution in [3.63, 3.8) is 0 Å². The third kappa shape index (κ3) is 4.84. The number of amidine groups is 1. The standard InChI is InChI=1S/C12H20N6O/c1-15-12(19)16-10-6-4-3-5-9(7-10)8-11(17-13)18(2)14/h3,5-7H,4,8,13-14H2,1-2H3,(H2,15,16,19)/b17-11-. The molecule has 0 saturated heterocycles. The van der Waals surface area contributed by atoms with Crippen molar-refractivity contribution in [3.05, 3.63) is 35.6 Å². The van der Waals surface area contributed by atoms with Gasteiger partial charge in [-0.3, -0.25) is 5.01 Å². The molecule has 0 bridgehead atoms. The van der Waals surface area contributed by atoms with Gasteiger partial charge in [0.25, 0.3) is 0 Å². The van der Waals surface area contributed by atoms with Gasteiger partial charge in [0, 0.05) is 26.2 Å². The van der Waals surface area contributed by atoms with E-state index in [9.17, 15) is 4.79 Å². The van der Waals surface area contributed by atoms with E-state index < -0.39 is 0 Å². The van der Waals surface area contributed by atoms with Crippen LogP contribution in [0.2, 0.25) is 0 Å². The van der Waals surface area contributed by atoms with Gasteiger partial charge in [0.2, 0.25) is 0 Å². The number of hydrogen-bond acceptors (Lipinski definition) is 4. The highest BCUT2D eigenvalue weighted by molar-refractivity contribution is 5.84. The van der Waals surface area contributed by atoms with Crippen LogP contribution in [0.25, 0.3) is 0 Å². The van der Waals surface area contributed by atoms with E-state index in [2.05, 4.69) is 15.7 Å². The zero-order chi connectivity index (χ0) is 14.3. The fourth-order valence-electron chi connectivity index (χ4n) is 1.56. The molecular weight excluding hydrogens is 244 g/mol. The van der Waals surface area contributed by atoms with E-state index >= 15 is 0 Å². The molecule has 0 aromatic carbocycles. The molecule has 19 heavy (non-hydrogen) atoms. The van der Waals surface area contributed by atoms with Gasteiger partial charge in [0.05, 0.1) is 0 Å². The van der Waals surface area contributed by atoms with Crippen molar-refractivity contribution < 1.29 is 4.79 Å². The molecule has 1 rings (SSSR count). The van der Waals surface area contributed by atoms with Crippen molar-refractivity contribution in [2.24, 2.45) is 16.8 Å². The van der Waals surface area contributed by atoms with Crippen LogP contribution in [-0.2, 0) is 0 Å². The number of carbonyl (C=O) groups excluding carboxylic acids is 1. The lowest BCUT2D eigenvalue weighted by Crippen LogP contribution is -2.34. The van der Waals surface area contributed by atoms with Crippen LogP contribution in [-0.4, -0.2) is 31.0 Å². The van der Waals surface area contributed by atoms with Crippen molar-refractivity contribution in [1.82, 2.24) is 15.6 Å². The monoisotopic (exact) mass is 264 g/mol. The van der Waals surface area contributed by atoms with Crippen molar-refractivity contribution in [1.29, 1.82) is 0 Å². The van der Waals surface area contributed by atoms with E-state index in [1.54, 1.807) is 14.1 Å². The Labute approximate surface area is 112 Å². The number of nitrogens with one attached hydrogen (secondary N) is 2. The zero-order valence-electron chi connectivity index (χ0n) is 11.2. The van der Waals surface area contributed by atoms with Crippen LogP contribution in [0.5, 0.6) is 0 Å². The molecule has 7 heteroatoms. The first-order valence-electron chi connectivity index (χ1n) is 5.88. The maximum atomic E-state index is 11.3. The predicted molar refractivity (Wildman–Crippen MR) is 75.7 cm³/mol. The maximum absolute atomic E-state index is 11.3. The molecule has 6 N–H and O–H groups in total. The molecule has 1 aliphatic carbocycles. The summed E-state index contributed by atoms with van der Waals surface area (Å²) in [5, 5.41) is 10.3. The highest BCUT2D eigenvalue weighted by Gasteiger charge is 2.08. The molecule has 0 heterocycles. The molecule has 104 valence electrons. The summed E-state index contributed by atoms with van der Waals surface area (Å²) in [5.41, 5.74) is 1.69. The Morgan fingerprint density at radius 3 is 2.89 bits per heavy atom. The van der Waals surface area contributed by atoms with Crippen LogP contribution >= 0.6 is 0 Å². The van der Waals surface area contributed by atoms with E-state index in [-0.39, 0.29) is 6.03 Å². The smallest absolute Gasteiger partial charge is 0.318 e. The first kappa shape index (κ1) is 14.8. The second kappa shape index (κ2) is 7.22. The van der Waals surface area contributed by atoms with Gasteiger partial charge in [-0.1, -0.05) is 18.2 Å².